The van der Waals surface area contributed by atoms with E-state index in [4.69, 9.17) is 0 Å². The van der Waals surface area contributed by atoms with E-state index in [0.29, 0.717) is 0 Å². The number of benzene rings is 6. The molecule has 6 aromatic carbocycles. The molecule has 2 heteroatoms. The molecule has 6 rings (SSSR count). The molecule has 0 heterocycles. The minimum Gasteiger partial charge on any atom is -0.355 e. The van der Waals surface area contributed by atoms with Crippen molar-refractivity contribution in [2.45, 2.75) is 110 Å². The van der Waals surface area contributed by atoms with Gasteiger partial charge in [0.25, 0.3) is 0 Å². The highest BCUT2D eigenvalue weighted by Crippen LogP contribution is 2.36. The number of fused-ring (bicyclic) bond motifs is 2. The van der Waals surface area contributed by atoms with E-state index in [0.717, 1.165) is 29.2 Å². The Morgan fingerprint density at radius 2 is 0.784 bits per heavy atom. The van der Waals surface area contributed by atoms with Gasteiger partial charge < -0.3 is 10.6 Å². The third kappa shape index (κ3) is 8.67. The smallest absolute Gasteiger partial charge is 0.0464 e. The average Bonchev–Trinajstić information content (AvgIpc) is 3.14. The summed E-state index contributed by atoms with van der Waals surface area (Å²) in [7, 11) is 0. The van der Waals surface area contributed by atoms with Crippen LogP contribution in [0.1, 0.15) is 115 Å². The second kappa shape index (κ2) is 16.2. The van der Waals surface area contributed by atoms with Gasteiger partial charge in [0.05, 0.1) is 0 Å². The third-order valence-corrected chi connectivity index (χ3v) is 11.1. The molecule has 0 saturated carbocycles. The van der Waals surface area contributed by atoms with Crippen LogP contribution in [0, 0.1) is 0 Å². The van der Waals surface area contributed by atoms with E-state index in [1.54, 1.807) is 0 Å². The zero-order valence-electron chi connectivity index (χ0n) is 31.9. The van der Waals surface area contributed by atoms with Crippen LogP contribution >= 0.6 is 0 Å². The fourth-order valence-electron chi connectivity index (χ4n) is 7.70. The summed E-state index contributed by atoms with van der Waals surface area (Å²) in [5.74, 6) is 0. The first-order valence-electron chi connectivity index (χ1n) is 19.4. The van der Waals surface area contributed by atoms with Crippen molar-refractivity contribution in [1.82, 2.24) is 0 Å². The van der Waals surface area contributed by atoms with Gasteiger partial charge in [-0.1, -0.05) is 165 Å². The van der Waals surface area contributed by atoms with Gasteiger partial charge in [0.15, 0.2) is 0 Å². The number of anilines is 4. The molecular formula is C49H58N2. The van der Waals surface area contributed by atoms with Gasteiger partial charge in [-0.05, 0) is 99.5 Å². The number of hydrogen-bond acceptors (Lipinski definition) is 2. The van der Waals surface area contributed by atoms with Crippen molar-refractivity contribution in [2.24, 2.45) is 0 Å². The molecule has 2 nitrogen and oxygen atoms in total. The molecule has 0 unspecified atom stereocenters. The molecular weight excluding hydrogens is 617 g/mol. The SMILES string of the molecule is CCCCCC(C)(C)c1ccc(Nc2ccc(Cc3ccc(Nc4ccc(C(C)(C)CCCCC)cc4)c4ccccc34)c3ccccc23)cc1. The predicted octanol–water partition coefficient (Wildman–Crippen LogP) is 14.8. The van der Waals surface area contributed by atoms with Gasteiger partial charge in [0, 0.05) is 33.5 Å². The lowest BCUT2D eigenvalue weighted by Gasteiger charge is -2.25. The van der Waals surface area contributed by atoms with Crippen LogP contribution in [-0.4, -0.2) is 0 Å². The van der Waals surface area contributed by atoms with E-state index >= 15 is 0 Å². The summed E-state index contributed by atoms with van der Waals surface area (Å²) < 4.78 is 0. The molecule has 0 radical (unpaired) electrons. The fraction of sp³-hybridized carbons (Fsp3) is 0.347. The molecule has 0 atom stereocenters. The maximum Gasteiger partial charge on any atom is 0.0464 e. The standard InChI is InChI=1S/C49H58N2/c1-7-9-15-33-48(3,4)38-23-27-40(28-24-38)50-46-31-21-36(42-17-11-13-19-44(42)46)35-37-22-32-47(45-20-14-12-18-43(37)45)51-41-29-25-39(26-30-41)49(5,6)34-16-10-8-2/h11-14,17-32,50-51H,7-10,15-16,33-35H2,1-6H3. The zero-order chi connectivity index (χ0) is 35.8. The van der Waals surface area contributed by atoms with Crippen molar-refractivity contribution < 1.29 is 0 Å². The number of hydrogen-bond donors (Lipinski definition) is 2. The molecule has 0 bridgehead atoms. The highest BCUT2D eigenvalue weighted by atomic mass is 14.9. The Morgan fingerprint density at radius 3 is 1.16 bits per heavy atom. The summed E-state index contributed by atoms with van der Waals surface area (Å²) >= 11 is 0. The topological polar surface area (TPSA) is 24.1 Å². The first kappa shape index (κ1) is 36.2. The maximum absolute atomic E-state index is 3.74. The molecule has 0 spiro atoms. The van der Waals surface area contributed by atoms with E-state index in [9.17, 15) is 0 Å². The van der Waals surface area contributed by atoms with Gasteiger partial charge in [0.2, 0.25) is 0 Å². The minimum atomic E-state index is 0.191. The Balaban J connectivity index is 1.21. The first-order valence-corrected chi connectivity index (χ1v) is 19.4. The first-order chi connectivity index (χ1) is 24.7. The molecule has 264 valence electrons. The summed E-state index contributed by atoms with van der Waals surface area (Å²) in [6, 6.07) is 45.0. The van der Waals surface area contributed by atoms with Crippen LogP contribution in [0.3, 0.4) is 0 Å². The van der Waals surface area contributed by atoms with Crippen molar-refractivity contribution in [3.63, 3.8) is 0 Å². The van der Waals surface area contributed by atoms with E-state index in [1.807, 2.05) is 0 Å². The van der Waals surface area contributed by atoms with E-state index in [2.05, 4.69) is 174 Å². The lowest BCUT2D eigenvalue weighted by Crippen LogP contribution is -2.16. The molecule has 0 aliphatic heterocycles. The van der Waals surface area contributed by atoms with Crippen molar-refractivity contribution >= 4 is 44.3 Å². The molecule has 6 aromatic rings. The summed E-state index contributed by atoms with van der Waals surface area (Å²) in [4.78, 5) is 0. The Hall–Kier alpha value is -4.56. The number of unbranched alkanes of at least 4 members (excludes halogenated alkanes) is 4. The molecule has 51 heavy (non-hydrogen) atoms. The normalized spacial score (nSPS) is 12.0. The van der Waals surface area contributed by atoms with Crippen LogP contribution in [0.4, 0.5) is 22.7 Å². The summed E-state index contributed by atoms with van der Waals surface area (Å²) in [5.41, 5.74) is 10.4. The molecule has 0 amide bonds. The van der Waals surface area contributed by atoms with E-state index in [1.165, 1.54) is 95.2 Å². The van der Waals surface area contributed by atoms with Crippen LogP contribution in [0.25, 0.3) is 21.5 Å². The second-order valence-electron chi connectivity index (χ2n) is 15.9. The lowest BCUT2D eigenvalue weighted by atomic mass is 9.80. The van der Waals surface area contributed by atoms with Crippen molar-refractivity contribution in [3.8, 4) is 0 Å². The number of nitrogens with one attached hydrogen (secondary N) is 2. The van der Waals surface area contributed by atoms with Crippen LogP contribution in [0.2, 0.25) is 0 Å². The highest BCUT2D eigenvalue weighted by molar-refractivity contribution is 6.00. The molecule has 0 aliphatic carbocycles. The maximum atomic E-state index is 3.74. The van der Waals surface area contributed by atoms with Gasteiger partial charge in [-0.15, -0.1) is 0 Å². The van der Waals surface area contributed by atoms with Crippen LogP contribution in [-0.2, 0) is 17.3 Å². The summed E-state index contributed by atoms with van der Waals surface area (Å²) in [5, 5.41) is 12.6. The largest absolute Gasteiger partial charge is 0.355 e. The average molecular weight is 675 g/mol. The Morgan fingerprint density at radius 1 is 0.412 bits per heavy atom. The lowest BCUT2D eigenvalue weighted by molar-refractivity contribution is 0.450. The van der Waals surface area contributed by atoms with Crippen molar-refractivity contribution in [3.05, 3.63) is 144 Å². The Bertz CT molecular complexity index is 1880. The minimum absolute atomic E-state index is 0.191. The molecule has 0 aromatic heterocycles. The van der Waals surface area contributed by atoms with Crippen molar-refractivity contribution in [2.75, 3.05) is 10.6 Å². The third-order valence-electron chi connectivity index (χ3n) is 11.1. The monoisotopic (exact) mass is 674 g/mol. The van der Waals surface area contributed by atoms with Crippen LogP contribution in [0.15, 0.2) is 121 Å². The van der Waals surface area contributed by atoms with Crippen LogP contribution in [0.5, 0.6) is 0 Å². The van der Waals surface area contributed by atoms with Gasteiger partial charge in [-0.3, -0.25) is 0 Å². The van der Waals surface area contributed by atoms with Gasteiger partial charge >= 0.3 is 0 Å². The summed E-state index contributed by atoms with van der Waals surface area (Å²) in [6.07, 6.45) is 11.0. The second-order valence-corrected chi connectivity index (χ2v) is 15.9. The molecule has 0 fully saturated rings. The van der Waals surface area contributed by atoms with Gasteiger partial charge in [-0.2, -0.15) is 0 Å². The van der Waals surface area contributed by atoms with Crippen molar-refractivity contribution in [1.29, 1.82) is 0 Å². The Labute approximate surface area is 307 Å². The highest BCUT2D eigenvalue weighted by Gasteiger charge is 2.21. The summed E-state index contributed by atoms with van der Waals surface area (Å²) in [6.45, 7) is 14.0. The number of rotatable bonds is 16. The van der Waals surface area contributed by atoms with Gasteiger partial charge in [0.1, 0.15) is 0 Å². The van der Waals surface area contributed by atoms with E-state index in [-0.39, 0.29) is 10.8 Å². The fourth-order valence-corrected chi connectivity index (χ4v) is 7.70. The Kier molecular flexibility index (Phi) is 11.5. The predicted molar refractivity (Wildman–Crippen MR) is 224 cm³/mol. The van der Waals surface area contributed by atoms with Gasteiger partial charge in [-0.25, -0.2) is 0 Å². The molecule has 0 saturated heterocycles. The van der Waals surface area contributed by atoms with E-state index < -0.39 is 0 Å². The zero-order valence-corrected chi connectivity index (χ0v) is 31.9. The quantitative estimate of drug-likeness (QED) is 0.0999. The molecule has 0 aliphatic rings. The molecule has 2 N–H and O–H groups in total. The van der Waals surface area contributed by atoms with Crippen LogP contribution < -0.4 is 10.6 Å².